The van der Waals surface area contributed by atoms with E-state index in [-0.39, 0.29) is 35.6 Å². The third-order valence-corrected chi connectivity index (χ3v) is 8.82. The molecule has 224 valence electrons. The molecule has 2 aromatic heterocycles. The number of para-hydroxylation sites is 1. The van der Waals surface area contributed by atoms with Gasteiger partial charge in [0.2, 0.25) is 5.91 Å². The Morgan fingerprint density at radius 2 is 1.67 bits per heavy atom. The highest BCUT2D eigenvalue weighted by Gasteiger charge is 2.24. The number of rotatable bonds is 12. The molecule has 43 heavy (non-hydrogen) atoms. The fourth-order valence-electron chi connectivity index (χ4n) is 5.46. The lowest BCUT2D eigenvalue weighted by atomic mass is 9.85. The van der Waals surface area contributed by atoms with Crippen molar-refractivity contribution in [1.82, 2.24) is 25.7 Å². The SMILES string of the molecule is Nc1c(C(=O)NCc2ccc(C(=O)N[C@@H](CCC3CCCCC3)C(=O)NCc3cccs3)cc2)cnn1-c1ccccc1. The van der Waals surface area contributed by atoms with Gasteiger partial charge in [-0.05, 0) is 60.0 Å². The second-order valence-electron chi connectivity index (χ2n) is 11.0. The van der Waals surface area contributed by atoms with Crippen LogP contribution >= 0.6 is 11.3 Å². The summed E-state index contributed by atoms with van der Waals surface area (Å²) in [6.07, 6.45) is 9.13. The molecule has 0 saturated heterocycles. The van der Waals surface area contributed by atoms with Crippen LogP contribution in [-0.2, 0) is 17.9 Å². The highest BCUT2D eigenvalue weighted by molar-refractivity contribution is 7.09. The summed E-state index contributed by atoms with van der Waals surface area (Å²) >= 11 is 1.59. The van der Waals surface area contributed by atoms with Crippen molar-refractivity contribution in [2.24, 2.45) is 5.92 Å². The molecule has 1 atom stereocenters. The highest BCUT2D eigenvalue weighted by atomic mass is 32.1. The summed E-state index contributed by atoms with van der Waals surface area (Å²) in [5.74, 6) is 0.0724. The number of aromatic nitrogens is 2. The Morgan fingerprint density at radius 1 is 0.907 bits per heavy atom. The maximum atomic E-state index is 13.2. The molecule has 1 saturated carbocycles. The van der Waals surface area contributed by atoms with E-state index in [1.807, 2.05) is 47.8 Å². The quantitative estimate of drug-likeness (QED) is 0.178. The van der Waals surface area contributed by atoms with E-state index in [0.29, 0.717) is 24.4 Å². The normalized spacial score (nSPS) is 14.1. The van der Waals surface area contributed by atoms with Crippen LogP contribution in [0.4, 0.5) is 5.82 Å². The second-order valence-corrected chi connectivity index (χ2v) is 12.0. The lowest BCUT2D eigenvalue weighted by Gasteiger charge is -2.24. The Bertz CT molecular complexity index is 1500. The fraction of sp³-hybridized carbons (Fsp3) is 0.333. The molecule has 2 heterocycles. The molecule has 0 aliphatic heterocycles. The van der Waals surface area contributed by atoms with Gasteiger partial charge in [0.1, 0.15) is 17.4 Å². The van der Waals surface area contributed by atoms with Crippen molar-refractivity contribution < 1.29 is 14.4 Å². The van der Waals surface area contributed by atoms with Crippen molar-refractivity contribution in [3.63, 3.8) is 0 Å². The molecule has 0 radical (unpaired) electrons. The average molecular weight is 599 g/mol. The zero-order chi connectivity index (χ0) is 30.0. The van der Waals surface area contributed by atoms with Gasteiger partial charge in [0.05, 0.1) is 18.4 Å². The number of benzene rings is 2. The van der Waals surface area contributed by atoms with Crippen molar-refractivity contribution in [3.8, 4) is 5.69 Å². The van der Waals surface area contributed by atoms with Crippen LogP contribution in [0, 0.1) is 5.92 Å². The van der Waals surface area contributed by atoms with Gasteiger partial charge < -0.3 is 21.7 Å². The molecule has 4 aromatic rings. The number of carbonyl (C=O) groups excluding carboxylic acids is 3. The molecule has 1 fully saturated rings. The van der Waals surface area contributed by atoms with Crippen LogP contribution < -0.4 is 21.7 Å². The van der Waals surface area contributed by atoms with Crippen LogP contribution in [0.1, 0.15) is 76.1 Å². The second kappa shape index (κ2) is 14.6. The van der Waals surface area contributed by atoms with Gasteiger partial charge in [0.15, 0.2) is 0 Å². The predicted molar refractivity (Wildman–Crippen MR) is 169 cm³/mol. The Balaban J connectivity index is 1.16. The first-order valence-corrected chi connectivity index (χ1v) is 15.7. The molecule has 10 heteroatoms. The van der Waals surface area contributed by atoms with Gasteiger partial charge in [0.25, 0.3) is 11.8 Å². The van der Waals surface area contributed by atoms with E-state index in [2.05, 4.69) is 21.0 Å². The van der Waals surface area contributed by atoms with Gasteiger partial charge in [-0.3, -0.25) is 14.4 Å². The van der Waals surface area contributed by atoms with Crippen molar-refractivity contribution >= 4 is 34.9 Å². The minimum absolute atomic E-state index is 0.160. The molecule has 1 aliphatic rings. The number of nitrogens with zero attached hydrogens (tertiary/aromatic N) is 2. The number of nitrogens with one attached hydrogen (secondary N) is 3. The van der Waals surface area contributed by atoms with Crippen molar-refractivity contribution in [2.45, 2.75) is 64.1 Å². The number of hydrogen-bond acceptors (Lipinski definition) is 6. The third kappa shape index (κ3) is 8.10. The van der Waals surface area contributed by atoms with Crippen LogP contribution in [-0.4, -0.2) is 33.5 Å². The zero-order valence-electron chi connectivity index (χ0n) is 24.1. The van der Waals surface area contributed by atoms with E-state index in [1.165, 1.54) is 43.0 Å². The number of carbonyl (C=O) groups is 3. The number of hydrogen-bond donors (Lipinski definition) is 4. The van der Waals surface area contributed by atoms with E-state index < -0.39 is 6.04 Å². The van der Waals surface area contributed by atoms with Gasteiger partial charge in [-0.25, -0.2) is 4.68 Å². The summed E-state index contributed by atoms with van der Waals surface area (Å²) in [5, 5.41) is 15.1. The van der Waals surface area contributed by atoms with E-state index in [4.69, 9.17) is 5.73 Å². The van der Waals surface area contributed by atoms with Crippen LogP contribution in [0.5, 0.6) is 0 Å². The molecule has 0 unspecified atom stereocenters. The molecular formula is C33H38N6O3S. The topological polar surface area (TPSA) is 131 Å². The molecule has 1 aliphatic carbocycles. The first kappa shape index (κ1) is 30.0. The molecular weight excluding hydrogens is 560 g/mol. The molecule has 2 aromatic carbocycles. The van der Waals surface area contributed by atoms with E-state index in [1.54, 1.807) is 35.6 Å². The standard InChI is InChI=1S/C33H38N6O3S/c34-30-28(22-37-39(30)26-10-5-2-6-11-26)32(41)35-20-24-13-16-25(17-14-24)31(40)38-29(18-15-23-8-3-1-4-9-23)33(42)36-21-27-12-7-19-43-27/h2,5-7,10-14,16-17,19,22-23,29H,1,3-4,8-9,15,18,20-21,34H2,(H,35,41)(H,36,42)(H,38,40)/t29-/m0/s1. The maximum Gasteiger partial charge on any atom is 0.256 e. The number of nitrogens with two attached hydrogens (primary N) is 1. The minimum atomic E-state index is -0.601. The molecule has 5 rings (SSSR count). The molecule has 3 amide bonds. The van der Waals surface area contributed by atoms with Gasteiger partial charge in [-0.1, -0.05) is 68.5 Å². The molecule has 5 N–H and O–H groups in total. The maximum absolute atomic E-state index is 13.2. The number of nitrogen functional groups attached to an aromatic ring is 1. The average Bonchev–Trinajstić information content (AvgIpc) is 3.71. The smallest absolute Gasteiger partial charge is 0.256 e. The van der Waals surface area contributed by atoms with Crippen molar-refractivity contribution in [3.05, 3.63) is 99.9 Å². The summed E-state index contributed by atoms with van der Waals surface area (Å²) in [6.45, 7) is 0.706. The van der Waals surface area contributed by atoms with E-state index in [0.717, 1.165) is 22.5 Å². The lowest BCUT2D eigenvalue weighted by Crippen LogP contribution is -2.46. The zero-order valence-corrected chi connectivity index (χ0v) is 24.9. The largest absolute Gasteiger partial charge is 0.383 e. The first-order valence-electron chi connectivity index (χ1n) is 14.8. The Labute approximate surface area is 255 Å². The number of anilines is 1. The monoisotopic (exact) mass is 598 g/mol. The summed E-state index contributed by atoms with van der Waals surface area (Å²) in [4.78, 5) is 40.2. The first-order chi connectivity index (χ1) is 21.0. The lowest BCUT2D eigenvalue weighted by molar-refractivity contribution is -0.123. The number of thiophene rings is 1. The Hall–Kier alpha value is -4.44. The Morgan fingerprint density at radius 3 is 2.40 bits per heavy atom. The summed E-state index contributed by atoms with van der Waals surface area (Å²) < 4.78 is 1.52. The van der Waals surface area contributed by atoms with E-state index >= 15 is 0 Å². The van der Waals surface area contributed by atoms with Gasteiger partial charge in [-0.15, -0.1) is 11.3 Å². The summed E-state index contributed by atoms with van der Waals surface area (Å²) in [7, 11) is 0. The van der Waals surface area contributed by atoms with Crippen molar-refractivity contribution in [1.29, 1.82) is 0 Å². The van der Waals surface area contributed by atoms with Gasteiger partial charge in [-0.2, -0.15) is 5.10 Å². The van der Waals surface area contributed by atoms with Crippen LogP contribution in [0.25, 0.3) is 5.69 Å². The fourth-order valence-corrected chi connectivity index (χ4v) is 6.10. The van der Waals surface area contributed by atoms with Gasteiger partial charge in [0, 0.05) is 17.0 Å². The van der Waals surface area contributed by atoms with Crippen molar-refractivity contribution in [2.75, 3.05) is 5.73 Å². The molecule has 0 bridgehead atoms. The number of amides is 3. The van der Waals surface area contributed by atoms with Crippen LogP contribution in [0.3, 0.4) is 0 Å². The minimum Gasteiger partial charge on any atom is -0.383 e. The van der Waals surface area contributed by atoms with Gasteiger partial charge >= 0.3 is 0 Å². The predicted octanol–water partition coefficient (Wildman–Crippen LogP) is 5.22. The third-order valence-electron chi connectivity index (χ3n) is 7.95. The molecule has 9 nitrogen and oxygen atoms in total. The highest BCUT2D eigenvalue weighted by Crippen LogP contribution is 2.28. The van der Waals surface area contributed by atoms with Crippen LogP contribution in [0.15, 0.2) is 78.3 Å². The summed E-state index contributed by atoms with van der Waals surface area (Å²) in [6, 6.07) is 19.7. The summed E-state index contributed by atoms with van der Waals surface area (Å²) in [5.41, 5.74) is 8.53. The van der Waals surface area contributed by atoms with E-state index in [9.17, 15) is 14.4 Å². The Kier molecular flexibility index (Phi) is 10.2. The van der Waals surface area contributed by atoms with Crippen LogP contribution in [0.2, 0.25) is 0 Å². The molecule has 0 spiro atoms.